The largest absolute Gasteiger partial charge is 0.479 e. The molecular formula is C20H28N6O3. The number of ether oxygens (including phenoxy) is 1. The number of nitrogens with zero attached hydrogens (tertiary/aromatic N) is 6. The summed E-state index contributed by atoms with van der Waals surface area (Å²) in [6.07, 6.45) is 5.92. The van der Waals surface area contributed by atoms with Gasteiger partial charge in [0.25, 0.3) is 11.5 Å². The number of methoxy groups -OCH3 is 1. The average Bonchev–Trinajstić information content (AvgIpc) is 3.13. The number of rotatable bonds is 5. The van der Waals surface area contributed by atoms with Crippen LogP contribution in [0.5, 0.6) is 5.88 Å². The summed E-state index contributed by atoms with van der Waals surface area (Å²) in [5, 5.41) is 8.75. The van der Waals surface area contributed by atoms with Gasteiger partial charge in [-0.1, -0.05) is 0 Å². The summed E-state index contributed by atoms with van der Waals surface area (Å²) in [5.41, 5.74) is 2.68. The summed E-state index contributed by atoms with van der Waals surface area (Å²) in [6.45, 7) is 4.16. The molecule has 0 atom stereocenters. The first-order valence-electron chi connectivity index (χ1n) is 10.2. The smallest absolute Gasteiger partial charge is 0.267 e. The molecule has 0 N–H and O–H groups in total. The number of fused-ring (bicyclic) bond motifs is 1. The van der Waals surface area contributed by atoms with Gasteiger partial charge in [0.15, 0.2) is 0 Å². The van der Waals surface area contributed by atoms with Crippen LogP contribution in [0.25, 0.3) is 0 Å². The molecule has 9 nitrogen and oxygen atoms in total. The van der Waals surface area contributed by atoms with Gasteiger partial charge in [-0.05, 0) is 31.2 Å². The number of hydrogen-bond donors (Lipinski definition) is 0. The monoisotopic (exact) mass is 400 g/mol. The number of piperazine rings is 1. The molecule has 1 fully saturated rings. The molecular weight excluding hydrogens is 372 g/mol. The molecule has 1 amide bonds. The molecule has 2 aromatic heterocycles. The van der Waals surface area contributed by atoms with Crippen LogP contribution in [-0.4, -0.2) is 75.1 Å². The van der Waals surface area contributed by atoms with Crippen LogP contribution >= 0.6 is 0 Å². The van der Waals surface area contributed by atoms with E-state index in [4.69, 9.17) is 4.74 Å². The minimum atomic E-state index is -0.0535. The van der Waals surface area contributed by atoms with Crippen molar-refractivity contribution >= 4 is 5.91 Å². The van der Waals surface area contributed by atoms with Crippen LogP contribution in [0.2, 0.25) is 0 Å². The molecule has 9 heteroatoms. The molecule has 29 heavy (non-hydrogen) atoms. The van der Waals surface area contributed by atoms with Crippen LogP contribution in [0, 0.1) is 0 Å². The van der Waals surface area contributed by atoms with Gasteiger partial charge in [0.05, 0.1) is 19.3 Å². The Bertz CT molecular complexity index is 942. The normalized spacial score (nSPS) is 17.2. The summed E-state index contributed by atoms with van der Waals surface area (Å²) in [5.74, 6) is 0.306. The Labute approximate surface area is 169 Å². The van der Waals surface area contributed by atoms with Gasteiger partial charge in [-0.3, -0.25) is 19.2 Å². The highest BCUT2D eigenvalue weighted by Gasteiger charge is 2.26. The first-order valence-corrected chi connectivity index (χ1v) is 10.2. The van der Waals surface area contributed by atoms with E-state index >= 15 is 0 Å². The Kier molecular flexibility index (Phi) is 5.66. The van der Waals surface area contributed by atoms with Crippen LogP contribution in [0.15, 0.2) is 17.1 Å². The fourth-order valence-corrected chi connectivity index (χ4v) is 4.11. The Morgan fingerprint density at radius 3 is 2.62 bits per heavy atom. The van der Waals surface area contributed by atoms with E-state index in [1.54, 1.807) is 28.7 Å². The van der Waals surface area contributed by atoms with Gasteiger partial charge in [0.2, 0.25) is 5.88 Å². The zero-order chi connectivity index (χ0) is 20.4. The molecule has 0 aromatic carbocycles. The predicted octanol–water partition coefficient (Wildman–Crippen LogP) is 0.322. The van der Waals surface area contributed by atoms with Gasteiger partial charge in [-0.15, -0.1) is 5.10 Å². The van der Waals surface area contributed by atoms with E-state index in [9.17, 15) is 9.59 Å². The molecule has 2 aliphatic rings. The molecule has 156 valence electrons. The summed E-state index contributed by atoms with van der Waals surface area (Å²) in [4.78, 5) is 29.2. The van der Waals surface area contributed by atoms with Crippen molar-refractivity contribution in [2.24, 2.45) is 7.05 Å². The quantitative estimate of drug-likeness (QED) is 0.719. The maximum Gasteiger partial charge on any atom is 0.267 e. The van der Waals surface area contributed by atoms with E-state index in [2.05, 4.69) is 15.1 Å². The fraction of sp³-hybridized carbons (Fsp3) is 0.600. The van der Waals surface area contributed by atoms with Crippen LogP contribution < -0.4 is 10.3 Å². The van der Waals surface area contributed by atoms with Crippen molar-refractivity contribution in [2.75, 3.05) is 39.8 Å². The highest BCUT2D eigenvalue weighted by Crippen LogP contribution is 2.19. The van der Waals surface area contributed by atoms with Gasteiger partial charge in [-0.2, -0.15) is 5.10 Å². The van der Waals surface area contributed by atoms with Crippen molar-refractivity contribution in [2.45, 2.75) is 32.2 Å². The lowest BCUT2D eigenvalue weighted by molar-refractivity contribution is 0.0628. The van der Waals surface area contributed by atoms with Crippen molar-refractivity contribution < 1.29 is 9.53 Å². The standard InChI is InChI=1S/C20H28N6O3/c1-23-14-16(19(22-23)29-2)20(28)25-10-7-24(8-11-25)9-12-26-18(27)13-15-5-3-4-6-17(15)21-26/h13-14H,3-12H2,1-2H3. The first-order chi connectivity index (χ1) is 14.0. The number of aryl methyl sites for hydroxylation is 3. The Morgan fingerprint density at radius 1 is 1.10 bits per heavy atom. The molecule has 0 spiro atoms. The topological polar surface area (TPSA) is 85.5 Å². The van der Waals surface area contributed by atoms with Crippen molar-refractivity contribution in [3.63, 3.8) is 0 Å². The van der Waals surface area contributed by atoms with E-state index in [1.807, 2.05) is 4.90 Å². The van der Waals surface area contributed by atoms with E-state index < -0.39 is 0 Å². The number of aromatic nitrogens is 4. The number of carbonyl (C=O) groups is 1. The second-order valence-corrected chi connectivity index (χ2v) is 7.74. The van der Waals surface area contributed by atoms with Gasteiger partial charge < -0.3 is 9.64 Å². The number of hydrogen-bond acceptors (Lipinski definition) is 6. The lowest BCUT2D eigenvalue weighted by atomic mass is 9.97. The molecule has 0 radical (unpaired) electrons. The van der Waals surface area contributed by atoms with Crippen molar-refractivity contribution in [1.82, 2.24) is 29.4 Å². The molecule has 3 heterocycles. The molecule has 1 saturated heterocycles. The summed E-state index contributed by atoms with van der Waals surface area (Å²) >= 11 is 0. The molecule has 0 bridgehead atoms. The van der Waals surface area contributed by atoms with Crippen LogP contribution in [0.4, 0.5) is 0 Å². The highest BCUT2D eigenvalue weighted by atomic mass is 16.5. The summed E-state index contributed by atoms with van der Waals surface area (Å²) in [7, 11) is 3.29. The van der Waals surface area contributed by atoms with E-state index in [0.29, 0.717) is 31.1 Å². The SMILES string of the molecule is COc1nn(C)cc1C(=O)N1CCN(CCn2nc3c(cc2=O)CCCC3)CC1. The lowest BCUT2D eigenvalue weighted by Crippen LogP contribution is -2.49. The molecule has 0 unspecified atom stereocenters. The number of amides is 1. The van der Waals surface area contributed by atoms with Crippen LogP contribution in [0.3, 0.4) is 0 Å². The van der Waals surface area contributed by atoms with Crippen molar-refractivity contribution in [3.05, 3.63) is 39.4 Å². The summed E-state index contributed by atoms with van der Waals surface area (Å²) in [6, 6.07) is 1.76. The zero-order valence-corrected chi connectivity index (χ0v) is 17.1. The van der Waals surface area contributed by atoms with E-state index in [-0.39, 0.29) is 11.5 Å². The minimum Gasteiger partial charge on any atom is -0.479 e. The van der Waals surface area contributed by atoms with Gasteiger partial charge >= 0.3 is 0 Å². The fourth-order valence-electron chi connectivity index (χ4n) is 4.11. The third-order valence-electron chi connectivity index (χ3n) is 5.78. The molecule has 4 rings (SSSR count). The van der Waals surface area contributed by atoms with Crippen molar-refractivity contribution in [3.8, 4) is 5.88 Å². The maximum absolute atomic E-state index is 12.8. The van der Waals surface area contributed by atoms with Crippen LogP contribution in [0.1, 0.15) is 34.5 Å². The Balaban J connectivity index is 1.32. The first kappa shape index (κ1) is 19.6. The Hall–Kier alpha value is -2.68. The highest BCUT2D eigenvalue weighted by molar-refractivity contribution is 5.96. The van der Waals surface area contributed by atoms with Gasteiger partial charge in [-0.25, -0.2) is 4.68 Å². The second-order valence-electron chi connectivity index (χ2n) is 7.74. The molecule has 2 aromatic rings. The molecule has 0 saturated carbocycles. The second kappa shape index (κ2) is 8.36. The number of carbonyl (C=O) groups excluding carboxylic acids is 1. The lowest BCUT2D eigenvalue weighted by Gasteiger charge is -2.34. The molecule has 1 aliphatic heterocycles. The van der Waals surface area contributed by atoms with Crippen molar-refractivity contribution in [1.29, 1.82) is 0 Å². The predicted molar refractivity (Wildman–Crippen MR) is 107 cm³/mol. The zero-order valence-electron chi connectivity index (χ0n) is 17.1. The maximum atomic E-state index is 12.8. The minimum absolute atomic E-state index is 0.0110. The van der Waals surface area contributed by atoms with Crippen LogP contribution in [-0.2, 0) is 26.4 Å². The Morgan fingerprint density at radius 2 is 1.86 bits per heavy atom. The van der Waals surface area contributed by atoms with Gasteiger partial charge in [0, 0.05) is 52.0 Å². The molecule has 1 aliphatic carbocycles. The van der Waals surface area contributed by atoms with Gasteiger partial charge in [0.1, 0.15) is 5.56 Å². The van der Waals surface area contributed by atoms with E-state index in [1.165, 1.54) is 7.11 Å². The average molecular weight is 400 g/mol. The third kappa shape index (κ3) is 4.19. The van der Waals surface area contributed by atoms with E-state index in [0.717, 1.165) is 56.6 Å². The third-order valence-corrected chi connectivity index (χ3v) is 5.78. The summed E-state index contributed by atoms with van der Waals surface area (Å²) < 4.78 is 8.40.